The number of hydrogen-bond donors (Lipinski definition) is 1. The molecule has 362 valence electrons. The van der Waals surface area contributed by atoms with Crippen molar-refractivity contribution in [3.05, 3.63) is 241 Å². The minimum absolute atomic E-state index is 0. The van der Waals surface area contributed by atoms with Crippen LogP contribution in [0.5, 0.6) is 5.75 Å². The van der Waals surface area contributed by atoms with Crippen LogP contribution in [0.4, 0.5) is 0 Å². The smallest absolute Gasteiger partial charge is 0.148 e. The monoisotopic (exact) mass is 1130 g/mol. The molecule has 4 nitrogen and oxygen atoms in total. The number of pyridine rings is 1. The van der Waals surface area contributed by atoms with Crippen molar-refractivity contribution >= 4 is 11.0 Å². The molecule has 1 aliphatic rings. The van der Waals surface area contributed by atoms with Crippen LogP contribution in [0.3, 0.4) is 0 Å². The number of aromatic hydroxyl groups is 1. The summed E-state index contributed by atoms with van der Waals surface area (Å²) in [4.78, 5) is 10.8. The molecule has 1 atom stereocenters. The summed E-state index contributed by atoms with van der Waals surface area (Å²) in [5, 5.41) is 12.8. The van der Waals surface area contributed by atoms with Gasteiger partial charge < -0.3 is 5.11 Å². The summed E-state index contributed by atoms with van der Waals surface area (Å²) in [6.45, 7) is 13.2. The molecule has 5 heteroatoms. The third-order valence-electron chi connectivity index (χ3n) is 14.1. The summed E-state index contributed by atoms with van der Waals surface area (Å²) in [5.74, 6) is 1.28. The second kappa shape index (κ2) is 20.1. The fourth-order valence-electron chi connectivity index (χ4n) is 10.2. The van der Waals surface area contributed by atoms with Crippen molar-refractivity contribution in [2.45, 2.75) is 64.7 Å². The second-order valence-electron chi connectivity index (χ2n) is 21.1. The zero-order valence-electron chi connectivity index (χ0n) is 42.2. The largest absolute Gasteiger partial charge is 0.507 e. The van der Waals surface area contributed by atoms with E-state index in [1.165, 1.54) is 5.56 Å². The van der Waals surface area contributed by atoms with Crippen LogP contribution in [-0.2, 0) is 31.9 Å². The van der Waals surface area contributed by atoms with Crippen molar-refractivity contribution in [3.63, 3.8) is 0 Å². The number of nitrogens with zero attached hydrogens (tertiary/aromatic N) is 3. The molecule has 0 saturated carbocycles. The van der Waals surface area contributed by atoms with Crippen LogP contribution < -0.4 is 0 Å². The van der Waals surface area contributed by atoms with E-state index in [4.69, 9.17) is 9.97 Å². The van der Waals surface area contributed by atoms with Crippen molar-refractivity contribution in [2.75, 3.05) is 0 Å². The van der Waals surface area contributed by atoms with Crippen molar-refractivity contribution < 1.29 is 26.2 Å². The molecular formula is C68H58N3OPt-. The van der Waals surface area contributed by atoms with Gasteiger partial charge in [-0.2, -0.15) is 0 Å². The van der Waals surface area contributed by atoms with Crippen LogP contribution in [0.15, 0.2) is 219 Å². The Labute approximate surface area is 444 Å². The zero-order chi connectivity index (χ0) is 49.6. The van der Waals surface area contributed by atoms with Gasteiger partial charge in [0, 0.05) is 55.6 Å². The first-order chi connectivity index (χ1) is 34.9. The SMILES string of the molecule is CC(C)(C)c1cc(-c2nc3c(-c4[c-]c(-c5cc(-c6ccc(C7C=CC=CC7)cc6)ccn5)cc(-c5ccccc5)c4)cccc3n2-c2c(-c3ccccc3)cccc2-c2ccccc2)c(O)c(C(C)(C)C)c1.[Pt]. The number of benzene rings is 8. The van der Waals surface area contributed by atoms with E-state index >= 15 is 0 Å². The van der Waals surface area contributed by atoms with Crippen LogP contribution in [-0.4, -0.2) is 19.6 Å². The van der Waals surface area contributed by atoms with Gasteiger partial charge in [0.2, 0.25) is 0 Å². The summed E-state index contributed by atoms with van der Waals surface area (Å²) in [6.07, 6.45) is 11.7. The van der Waals surface area contributed by atoms with Crippen molar-refractivity contribution in [2.24, 2.45) is 0 Å². The maximum atomic E-state index is 12.8. The molecule has 11 rings (SSSR count). The average molecular weight is 1130 g/mol. The molecule has 0 spiro atoms. The van der Waals surface area contributed by atoms with Crippen molar-refractivity contribution in [3.8, 4) is 89.7 Å². The minimum atomic E-state index is -0.359. The van der Waals surface area contributed by atoms with Gasteiger partial charge in [-0.3, -0.25) is 9.55 Å². The summed E-state index contributed by atoms with van der Waals surface area (Å²) in [7, 11) is 0. The van der Waals surface area contributed by atoms with Crippen LogP contribution >= 0.6 is 0 Å². The molecule has 0 saturated heterocycles. The maximum Gasteiger partial charge on any atom is 0.148 e. The number of para-hydroxylation sites is 2. The average Bonchev–Trinajstić information content (AvgIpc) is 3.80. The van der Waals surface area contributed by atoms with E-state index in [2.05, 4.69) is 265 Å². The predicted molar refractivity (Wildman–Crippen MR) is 300 cm³/mol. The number of imidazole rings is 1. The van der Waals surface area contributed by atoms with Crippen molar-refractivity contribution in [1.29, 1.82) is 0 Å². The molecule has 10 aromatic rings. The van der Waals surface area contributed by atoms with E-state index in [9.17, 15) is 5.11 Å². The molecule has 2 heterocycles. The minimum Gasteiger partial charge on any atom is -0.507 e. The third kappa shape index (κ3) is 9.73. The molecular weight excluding hydrogens is 1070 g/mol. The van der Waals surface area contributed by atoms with E-state index in [1.54, 1.807) is 0 Å². The number of hydrogen-bond acceptors (Lipinski definition) is 3. The molecule has 1 N–H and O–H groups in total. The number of allylic oxidation sites excluding steroid dienone is 4. The molecule has 1 unspecified atom stereocenters. The van der Waals surface area contributed by atoms with Gasteiger partial charge in [0.1, 0.15) is 11.6 Å². The number of aromatic nitrogens is 3. The second-order valence-corrected chi connectivity index (χ2v) is 21.1. The molecule has 0 aliphatic heterocycles. The van der Waals surface area contributed by atoms with Gasteiger partial charge in [-0.25, -0.2) is 4.98 Å². The van der Waals surface area contributed by atoms with Gasteiger partial charge in [-0.05, 0) is 74.4 Å². The molecule has 0 radical (unpaired) electrons. The Bertz CT molecular complexity index is 3610. The van der Waals surface area contributed by atoms with Crippen molar-refractivity contribution in [1.82, 2.24) is 14.5 Å². The Hall–Kier alpha value is -7.65. The quantitative estimate of drug-likeness (QED) is 0.147. The Kier molecular flexibility index (Phi) is 13.5. The summed E-state index contributed by atoms with van der Waals surface area (Å²) in [6, 6.07) is 70.6. The van der Waals surface area contributed by atoms with Crippen LogP contribution in [0.2, 0.25) is 0 Å². The Morgan fingerprint density at radius 1 is 0.534 bits per heavy atom. The molecule has 73 heavy (non-hydrogen) atoms. The fourth-order valence-corrected chi connectivity index (χ4v) is 10.2. The number of fused-ring (bicyclic) bond motifs is 1. The summed E-state index contributed by atoms with van der Waals surface area (Å²) >= 11 is 0. The predicted octanol–water partition coefficient (Wildman–Crippen LogP) is 17.8. The van der Waals surface area contributed by atoms with E-state index in [0.717, 1.165) is 101 Å². The van der Waals surface area contributed by atoms with Gasteiger partial charge >= 0.3 is 0 Å². The first-order valence-electron chi connectivity index (χ1n) is 25.1. The van der Waals surface area contributed by atoms with E-state index in [1.807, 2.05) is 6.20 Å². The van der Waals surface area contributed by atoms with Crippen LogP contribution in [0.1, 0.15) is 70.6 Å². The van der Waals surface area contributed by atoms with Gasteiger partial charge in [0.15, 0.2) is 0 Å². The van der Waals surface area contributed by atoms with Gasteiger partial charge in [0.25, 0.3) is 0 Å². The summed E-state index contributed by atoms with van der Waals surface area (Å²) < 4.78 is 2.30. The van der Waals surface area contributed by atoms with Gasteiger partial charge in [-0.15, -0.1) is 23.8 Å². The number of phenolic OH excluding ortho intramolecular Hbond substituents is 1. The third-order valence-corrected chi connectivity index (χ3v) is 14.1. The maximum absolute atomic E-state index is 12.8. The van der Waals surface area contributed by atoms with Crippen LogP contribution in [0.25, 0.3) is 95.0 Å². The number of rotatable bonds is 9. The van der Waals surface area contributed by atoms with Gasteiger partial charge in [0.05, 0.1) is 22.3 Å². The van der Waals surface area contributed by atoms with E-state index < -0.39 is 0 Å². The molecule has 0 fully saturated rings. The van der Waals surface area contributed by atoms with Gasteiger partial charge in [-0.1, -0.05) is 240 Å². The van der Waals surface area contributed by atoms with E-state index in [-0.39, 0.29) is 37.6 Å². The standard InChI is InChI=1S/C68H58N3O.Pt/c1-67(2,3)55-43-59(65(72)60(44-55)68(4,5)6)66-70-63-56(29-20-32-62(63)71(66)64-57(49-25-15-9-16-26-49)30-19-31-58(64)50-27-17-10-18-28-50)53-39-52(46-23-13-8-14-24-46)40-54(41-53)61-42-51(37-38-69-61)48-35-33-47(34-36-48)45-21-11-7-12-22-45;/h7-21,23-40,42-45,72H,22H2,1-6H3;/q-1;. The first-order valence-corrected chi connectivity index (χ1v) is 25.1. The van der Waals surface area contributed by atoms with E-state index in [0.29, 0.717) is 17.3 Å². The molecule has 2 aromatic heterocycles. The Morgan fingerprint density at radius 2 is 1.14 bits per heavy atom. The molecule has 8 aromatic carbocycles. The Morgan fingerprint density at radius 3 is 1.75 bits per heavy atom. The van der Waals surface area contributed by atoms with Crippen LogP contribution in [0, 0.1) is 6.07 Å². The Balaban J connectivity index is 0.00000611. The zero-order valence-corrected chi connectivity index (χ0v) is 44.4. The molecule has 0 bridgehead atoms. The fraction of sp³-hybridized carbons (Fsp3) is 0.147. The number of phenols is 1. The normalized spacial score (nSPS) is 13.5. The summed E-state index contributed by atoms with van der Waals surface area (Å²) in [5.41, 5.74) is 18.2. The first kappa shape index (κ1) is 49.0. The topological polar surface area (TPSA) is 50.9 Å². The molecule has 1 aliphatic carbocycles. The molecule has 0 amide bonds.